The Balaban J connectivity index is 1.99. The number of aryl methyl sites for hydroxylation is 1. The van der Waals surface area contributed by atoms with Gasteiger partial charge in [-0.3, -0.25) is 0 Å². The SMILES string of the molecule is N#Cc1ccc(C(=O)O)cc1CCCC1OCCO1. The average molecular weight is 261 g/mol. The van der Waals surface area contributed by atoms with E-state index in [1.807, 2.05) is 0 Å². The van der Waals surface area contributed by atoms with Crippen LogP contribution in [-0.2, 0) is 15.9 Å². The van der Waals surface area contributed by atoms with Crippen molar-refractivity contribution in [1.82, 2.24) is 0 Å². The number of benzene rings is 1. The van der Waals surface area contributed by atoms with Crippen molar-refractivity contribution in [3.63, 3.8) is 0 Å². The Bertz CT molecular complexity index is 501. The van der Waals surface area contributed by atoms with Gasteiger partial charge in [-0.25, -0.2) is 4.79 Å². The van der Waals surface area contributed by atoms with Gasteiger partial charge in [0.15, 0.2) is 6.29 Å². The summed E-state index contributed by atoms with van der Waals surface area (Å²) in [4.78, 5) is 10.9. The fourth-order valence-corrected chi connectivity index (χ4v) is 2.08. The van der Waals surface area contributed by atoms with Crippen molar-refractivity contribution in [2.45, 2.75) is 25.6 Å². The molecule has 1 saturated heterocycles. The van der Waals surface area contributed by atoms with Gasteiger partial charge in [-0.1, -0.05) is 0 Å². The van der Waals surface area contributed by atoms with Gasteiger partial charge in [0, 0.05) is 0 Å². The maximum atomic E-state index is 10.9. The van der Waals surface area contributed by atoms with Gasteiger partial charge in [-0.05, 0) is 43.0 Å². The zero-order valence-electron chi connectivity index (χ0n) is 10.5. The summed E-state index contributed by atoms with van der Waals surface area (Å²) in [6.07, 6.45) is 2.03. The first kappa shape index (κ1) is 13.5. The predicted octanol–water partition coefficient (Wildman–Crippen LogP) is 1.95. The maximum absolute atomic E-state index is 10.9. The molecule has 5 heteroatoms. The van der Waals surface area contributed by atoms with Gasteiger partial charge < -0.3 is 14.6 Å². The van der Waals surface area contributed by atoms with E-state index in [4.69, 9.17) is 19.8 Å². The number of rotatable bonds is 5. The first-order valence-electron chi connectivity index (χ1n) is 6.20. The van der Waals surface area contributed by atoms with Crippen molar-refractivity contribution in [2.75, 3.05) is 13.2 Å². The lowest BCUT2D eigenvalue weighted by atomic mass is 9.99. The average Bonchev–Trinajstić information content (AvgIpc) is 2.91. The summed E-state index contributed by atoms with van der Waals surface area (Å²) in [6, 6.07) is 6.66. The van der Waals surface area contributed by atoms with Crippen LogP contribution in [0.25, 0.3) is 0 Å². The molecule has 0 unspecified atom stereocenters. The van der Waals surface area contributed by atoms with Crippen LogP contribution < -0.4 is 0 Å². The highest BCUT2D eigenvalue weighted by Gasteiger charge is 2.15. The lowest BCUT2D eigenvalue weighted by Crippen LogP contribution is -2.08. The standard InChI is InChI=1S/C14H15NO4/c15-9-12-5-4-11(14(16)17)8-10(12)2-1-3-13-18-6-7-19-13/h4-5,8,13H,1-3,6-7H2,(H,16,17). The third-order valence-corrected chi connectivity index (χ3v) is 3.05. The lowest BCUT2D eigenvalue weighted by Gasteiger charge is -2.09. The van der Waals surface area contributed by atoms with Gasteiger partial charge >= 0.3 is 5.97 Å². The van der Waals surface area contributed by atoms with Crippen LogP contribution >= 0.6 is 0 Å². The molecule has 1 aromatic carbocycles. The number of hydrogen-bond acceptors (Lipinski definition) is 4. The van der Waals surface area contributed by atoms with Crippen LogP contribution in [0.1, 0.15) is 34.3 Å². The van der Waals surface area contributed by atoms with Crippen LogP contribution in [0.15, 0.2) is 18.2 Å². The summed E-state index contributed by atoms with van der Waals surface area (Å²) in [5.41, 5.74) is 1.50. The van der Waals surface area contributed by atoms with E-state index in [1.54, 1.807) is 12.1 Å². The van der Waals surface area contributed by atoms with Crippen LogP contribution in [0.3, 0.4) is 0 Å². The third-order valence-electron chi connectivity index (χ3n) is 3.05. The van der Waals surface area contributed by atoms with E-state index in [2.05, 4.69) is 6.07 Å². The zero-order valence-corrected chi connectivity index (χ0v) is 10.5. The van der Waals surface area contributed by atoms with Crippen molar-refractivity contribution in [3.8, 4) is 6.07 Å². The second kappa shape index (κ2) is 6.32. The molecule has 1 N–H and O–H groups in total. The van der Waals surface area contributed by atoms with Crippen LogP contribution in [0, 0.1) is 11.3 Å². The predicted molar refractivity (Wildman–Crippen MR) is 66.7 cm³/mol. The molecular formula is C14H15NO4. The summed E-state index contributed by atoms with van der Waals surface area (Å²) in [6.45, 7) is 1.26. The minimum atomic E-state index is -0.979. The molecule has 2 rings (SSSR count). The van der Waals surface area contributed by atoms with E-state index in [0.29, 0.717) is 25.2 Å². The van der Waals surface area contributed by atoms with Gasteiger partial charge in [0.25, 0.3) is 0 Å². The van der Waals surface area contributed by atoms with Crippen molar-refractivity contribution in [3.05, 3.63) is 34.9 Å². The van der Waals surface area contributed by atoms with Crippen LogP contribution in [0.2, 0.25) is 0 Å². The van der Waals surface area contributed by atoms with Crippen LogP contribution in [-0.4, -0.2) is 30.6 Å². The Hall–Kier alpha value is -1.90. The Labute approximate surface area is 111 Å². The van der Waals surface area contributed by atoms with Gasteiger partial charge in [0.2, 0.25) is 0 Å². The molecule has 0 aliphatic carbocycles. The maximum Gasteiger partial charge on any atom is 0.335 e. The van der Waals surface area contributed by atoms with Crippen LogP contribution in [0.4, 0.5) is 0 Å². The number of carboxylic acid groups (broad SMARTS) is 1. The molecule has 0 atom stereocenters. The number of hydrogen-bond donors (Lipinski definition) is 1. The van der Waals surface area contributed by atoms with E-state index in [0.717, 1.165) is 18.4 Å². The molecule has 0 spiro atoms. The summed E-state index contributed by atoms with van der Waals surface area (Å²) >= 11 is 0. The Morgan fingerprint density at radius 2 is 2.16 bits per heavy atom. The first-order chi connectivity index (χ1) is 9.20. The topological polar surface area (TPSA) is 79.6 Å². The number of carbonyl (C=O) groups is 1. The third kappa shape index (κ3) is 3.53. The number of carboxylic acids is 1. The molecule has 1 fully saturated rings. The zero-order chi connectivity index (χ0) is 13.7. The highest BCUT2D eigenvalue weighted by molar-refractivity contribution is 5.88. The Kier molecular flexibility index (Phi) is 4.50. The molecule has 0 aromatic heterocycles. The molecule has 100 valence electrons. The minimum absolute atomic E-state index is 0.159. The monoisotopic (exact) mass is 261 g/mol. The van der Waals surface area contributed by atoms with E-state index in [-0.39, 0.29) is 11.9 Å². The summed E-state index contributed by atoms with van der Waals surface area (Å²) in [7, 11) is 0. The smallest absolute Gasteiger partial charge is 0.335 e. The van der Waals surface area contributed by atoms with Crippen molar-refractivity contribution in [2.24, 2.45) is 0 Å². The molecular weight excluding hydrogens is 246 g/mol. The molecule has 1 heterocycles. The van der Waals surface area contributed by atoms with Gasteiger partial charge in [0.1, 0.15) is 0 Å². The second-order valence-corrected chi connectivity index (χ2v) is 4.35. The number of ether oxygens (including phenoxy) is 2. The van der Waals surface area contributed by atoms with Gasteiger partial charge in [0.05, 0.1) is 30.4 Å². The van der Waals surface area contributed by atoms with Crippen molar-refractivity contribution < 1.29 is 19.4 Å². The molecule has 0 amide bonds. The largest absolute Gasteiger partial charge is 0.478 e. The Morgan fingerprint density at radius 1 is 1.42 bits per heavy atom. The number of aromatic carboxylic acids is 1. The summed E-state index contributed by atoms with van der Waals surface area (Å²) < 4.78 is 10.7. The Morgan fingerprint density at radius 3 is 2.79 bits per heavy atom. The highest BCUT2D eigenvalue weighted by Crippen LogP contribution is 2.17. The molecule has 1 aromatic rings. The fourth-order valence-electron chi connectivity index (χ4n) is 2.08. The molecule has 0 radical (unpaired) electrons. The first-order valence-corrected chi connectivity index (χ1v) is 6.20. The van der Waals surface area contributed by atoms with E-state index in [1.165, 1.54) is 6.07 Å². The molecule has 0 bridgehead atoms. The van der Waals surface area contributed by atoms with Gasteiger partial charge in [-0.2, -0.15) is 5.26 Å². The highest BCUT2D eigenvalue weighted by atomic mass is 16.7. The molecule has 0 saturated carbocycles. The summed E-state index contributed by atoms with van der Waals surface area (Å²) in [5, 5.41) is 18.0. The van der Waals surface area contributed by atoms with E-state index < -0.39 is 5.97 Å². The quantitative estimate of drug-likeness (QED) is 0.876. The van der Waals surface area contributed by atoms with E-state index in [9.17, 15) is 4.79 Å². The molecule has 19 heavy (non-hydrogen) atoms. The van der Waals surface area contributed by atoms with Gasteiger partial charge in [-0.15, -0.1) is 0 Å². The fraction of sp³-hybridized carbons (Fsp3) is 0.429. The van der Waals surface area contributed by atoms with Crippen LogP contribution in [0.5, 0.6) is 0 Å². The number of nitrogens with zero attached hydrogens (tertiary/aromatic N) is 1. The second-order valence-electron chi connectivity index (χ2n) is 4.35. The molecule has 5 nitrogen and oxygen atoms in total. The summed E-state index contributed by atoms with van der Waals surface area (Å²) in [5.74, 6) is -0.979. The van der Waals surface area contributed by atoms with Crippen molar-refractivity contribution >= 4 is 5.97 Å². The lowest BCUT2D eigenvalue weighted by molar-refractivity contribution is -0.0475. The molecule has 1 aliphatic heterocycles. The van der Waals surface area contributed by atoms with E-state index >= 15 is 0 Å². The minimum Gasteiger partial charge on any atom is -0.478 e. The number of nitriles is 1. The van der Waals surface area contributed by atoms with Crippen molar-refractivity contribution in [1.29, 1.82) is 5.26 Å². The normalized spacial score (nSPS) is 15.3. The molecule has 1 aliphatic rings.